The van der Waals surface area contributed by atoms with E-state index in [4.69, 9.17) is 10.8 Å². The molecule has 0 fully saturated rings. The minimum Gasteiger partial charge on any atom is -0.481 e. The summed E-state index contributed by atoms with van der Waals surface area (Å²) in [5, 5.41) is 26.1. The molecule has 0 radical (unpaired) electrons. The number of hydrogen-bond acceptors (Lipinski definition) is 7. The van der Waals surface area contributed by atoms with Gasteiger partial charge in [-0.1, -0.05) is 18.2 Å². The van der Waals surface area contributed by atoms with Crippen molar-refractivity contribution in [3.63, 3.8) is 0 Å². The van der Waals surface area contributed by atoms with Crippen LogP contribution in [0, 0.1) is 0 Å². The normalized spacial score (nSPS) is 13.4. The van der Waals surface area contributed by atoms with Gasteiger partial charge in [-0.15, -0.1) is 0 Å². The van der Waals surface area contributed by atoms with Crippen molar-refractivity contribution in [3.05, 3.63) is 36.0 Å². The Hall–Kier alpha value is -3.58. The highest BCUT2D eigenvalue weighted by atomic mass is 32.2. The van der Waals surface area contributed by atoms with Gasteiger partial charge < -0.3 is 36.9 Å². The fraction of sp³-hybridized carbons (Fsp3) is 0.409. The van der Waals surface area contributed by atoms with Crippen LogP contribution in [0.15, 0.2) is 30.5 Å². The number of nitrogens with one attached hydrogen (secondary N) is 4. The number of hydrogen-bond donors (Lipinski definition) is 7. The standard InChI is InChI=1S/C22H29N5O7S/c1-35-7-6-14(23)20(31)25-11-18(28)26-16(21(32)27-17(22(33)34)9-19(29)30)8-12-10-24-15-5-3-2-4-13(12)15/h2-5,10,14,16-17,24H,6-9,11,23H2,1H3,(H,25,31)(H,26,28)(H,27,32)(H,29,30)(H,33,34). The molecule has 190 valence electrons. The van der Waals surface area contributed by atoms with E-state index in [1.165, 1.54) is 11.8 Å². The van der Waals surface area contributed by atoms with Crippen molar-refractivity contribution in [3.8, 4) is 0 Å². The van der Waals surface area contributed by atoms with Crippen LogP contribution < -0.4 is 21.7 Å². The average molecular weight is 508 g/mol. The molecule has 35 heavy (non-hydrogen) atoms. The number of para-hydroxylation sites is 1. The second kappa shape index (κ2) is 13.3. The van der Waals surface area contributed by atoms with E-state index in [9.17, 15) is 29.1 Å². The first-order valence-electron chi connectivity index (χ1n) is 10.7. The maximum absolute atomic E-state index is 12.9. The molecule has 0 aliphatic heterocycles. The zero-order valence-corrected chi connectivity index (χ0v) is 19.9. The van der Waals surface area contributed by atoms with Crippen molar-refractivity contribution in [1.82, 2.24) is 20.9 Å². The van der Waals surface area contributed by atoms with Crippen LogP contribution in [0.3, 0.4) is 0 Å². The topological polar surface area (TPSA) is 204 Å². The third kappa shape index (κ3) is 8.61. The minimum absolute atomic E-state index is 0.0117. The lowest BCUT2D eigenvalue weighted by Gasteiger charge is -2.21. The van der Waals surface area contributed by atoms with Crippen molar-refractivity contribution in [2.75, 3.05) is 18.6 Å². The van der Waals surface area contributed by atoms with Crippen LogP contribution in [0.5, 0.6) is 0 Å². The van der Waals surface area contributed by atoms with Gasteiger partial charge in [0.05, 0.1) is 19.0 Å². The first kappa shape index (κ1) is 27.7. The van der Waals surface area contributed by atoms with Gasteiger partial charge in [-0.25, -0.2) is 4.79 Å². The quantitative estimate of drug-likeness (QED) is 0.175. The zero-order chi connectivity index (χ0) is 26.0. The van der Waals surface area contributed by atoms with Crippen molar-refractivity contribution in [1.29, 1.82) is 0 Å². The van der Waals surface area contributed by atoms with Crippen LogP contribution in [0.4, 0.5) is 0 Å². The molecule has 3 amide bonds. The molecular formula is C22H29N5O7S. The molecule has 8 N–H and O–H groups in total. The fourth-order valence-electron chi connectivity index (χ4n) is 3.30. The number of thioether (sulfide) groups is 1. The number of carboxylic acids is 2. The molecule has 2 aromatic rings. The number of aromatic nitrogens is 1. The first-order chi connectivity index (χ1) is 16.6. The Morgan fingerprint density at radius 1 is 1.06 bits per heavy atom. The van der Waals surface area contributed by atoms with Gasteiger partial charge in [0.1, 0.15) is 12.1 Å². The second-order valence-corrected chi connectivity index (χ2v) is 8.77. The van der Waals surface area contributed by atoms with Crippen LogP contribution in [0.25, 0.3) is 10.9 Å². The molecule has 13 heteroatoms. The van der Waals surface area contributed by atoms with E-state index in [1.807, 2.05) is 24.5 Å². The Morgan fingerprint density at radius 2 is 1.77 bits per heavy atom. The molecule has 0 saturated carbocycles. The number of amides is 3. The molecule has 12 nitrogen and oxygen atoms in total. The summed E-state index contributed by atoms with van der Waals surface area (Å²) in [6.07, 6.45) is 3.12. The lowest BCUT2D eigenvalue weighted by Crippen LogP contribution is -2.54. The summed E-state index contributed by atoms with van der Waals surface area (Å²) < 4.78 is 0. The maximum Gasteiger partial charge on any atom is 0.326 e. The van der Waals surface area contributed by atoms with E-state index in [1.54, 1.807) is 12.3 Å². The number of nitrogens with two attached hydrogens (primary N) is 1. The van der Waals surface area contributed by atoms with Crippen LogP contribution in [-0.2, 0) is 30.4 Å². The number of carbonyl (C=O) groups excluding carboxylic acids is 3. The van der Waals surface area contributed by atoms with Crippen LogP contribution in [0.1, 0.15) is 18.4 Å². The van der Waals surface area contributed by atoms with Gasteiger partial charge in [0.15, 0.2) is 0 Å². The number of rotatable bonds is 14. The predicted octanol–water partition coefficient (Wildman–Crippen LogP) is -0.564. The monoisotopic (exact) mass is 507 g/mol. The fourth-order valence-corrected chi connectivity index (χ4v) is 3.79. The van der Waals surface area contributed by atoms with E-state index in [0.29, 0.717) is 17.7 Å². The number of carboxylic acid groups (broad SMARTS) is 2. The third-order valence-corrected chi connectivity index (χ3v) is 5.78. The molecule has 0 aliphatic carbocycles. The SMILES string of the molecule is CSCCC(N)C(=O)NCC(=O)NC(Cc1c[nH]c2ccccc12)C(=O)NC(CC(=O)O)C(=O)O. The highest BCUT2D eigenvalue weighted by Crippen LogP contribution is 2.19. The zero-order valence-electron chi connectivity index (χ0n) is 19.1. The van der Waals surface area contributed by atoms with E-state index in [2.05, 4.69) is 20.9 Å². The van der Waals surface area contributed by atoms with Gasteiger partial charge in [0.2, 0.25) is 17.7 Å². The molecule has 0 aliphatic rings. The van der Waals surface area contributed by atoms with E-state index < -0.39 is 60.8 Å². The minimum atomic E-state index is -1.68. The molecule has 0 spiro atoms. The Labute approximate surface area is 205 Å². The van der Waals surface area contributed by atoms with Gasteiger partial charge in [-0.3, -0.25) is 19.2 Å². The Morgan fingerprint density at radius 3 is 2.43 bits per heavy atom. The maximum atomic E-state index is 12.9. The van der Waals surface area contributed by atoms with Crippen LogP contribution in [0.2, 0.25) is 0 Å². The number of benzene rings is 1. The molecule has 1 aromatic carbocycles. The molecule has 3 unspecified atom stereocenters. The van der Waals surface area contributed by atoms with Crippen LogP contribution >= 0.6 is 11.8 Å². The summed E-state index contributed by atoms with van der Waals surface area (Å²) in [5.41, 5.74) is 7.25. The number of aliphatic carboxylic acids is 2. The molecular weight excluding hydrogens is 478 g/mol. The van der Waals surface area contributed by atoms with Crippen molar-refractivity contribution >= 4 is 52.3 Å². The summed E-state index contributed by atoms with van der Waals surface area (Å²) in [6, 6.07) is 3.57. The van der Waals surface area contributed by atoms with Crippen molar-refractivity contribution < 1.29 is 34.2 Å². The summed E-state index contributed by atoms with van der Waals surface area (Å²) in [6.45, 7) is -0.444. The number of H-pyrrole nitrogens is 1. The lowest BCUT2D eigenvalue weighted by atomic mass is 10.0. The Bertz CT molecular complexity index is 1070. The lowest BCUT2D eigenvalue weighted by molar-refractivity contribution is -0.147. The first-order valence-corrected chi connectivity index (χ1v) is 12.1. The molecule has 0 bridgehead atoms. The summed E-state index contributed by atoms with van der Waals surface area (Å²) in [5.74, 6) is -4.34. The third-order valence-electron chi connectivity index (χ3n) is 5.14. The van der Waals surface area contributed by atoms with Crippen molar-refractivity contribution in [2.45, 2.75) is 37.4 Å². The molecule has 1 aromatic heterocycles. The van der Waals surface area contributed by atoms with Gasteiger partial charge in [0, 0.05) is 23.5 Å². The summed E-state index contributed by atoms with van der Waals surface area (Å²) in [4.78, 5) is 62.9. The molecule has 3 atom stereocenters. The summed E-state index contributed by atoms with van der Waals surface area (Å²) >= 11 is 1.53. The molecule has 0 saturated heterocycles. The summed E-state index contributed by atoms with van der Waals surface area (Å²) in [7, 11) is 0. The number of aromatic amines is 1. The molecule has 2 rings (SSSR count). The smallest absolute Gasteiger partial charge is 0.326 e. The van der Waals surface area contributed by atoms with Gasteiger partial charge in [-0.05, 0) is 30.1 Å². The Kier molecular flexibility index (Phi) is 10.5. The van der Waals surface area contributed by atoms with E-state index in [-0.39, 0.29) is 6.42 Å². The highest BCUT2D eigenvalue weighted by molar-refractivity contribution is 7.98. The number of fused-ring (bicyclic) bond motifs is 1. The van der Waals surface area contributed by atoms with Gasteiger partial charge in [0.25, 0.3) is 0 Å². The highest BCUT2D eigenvalue weighted by Gasteiger charge is 2.29. The molecule has 1 heterocycles. The predicted molar refractivity (Wildman–Crippen MR) is 130 cm³/mol. The van der Waals surface area contributed by atoms with Crippen molar-refractivity contribution in [2.24, 2.45) is 5.73 Å². The average Bonchev–Trinajstić information content (AvgIpc) is 3.22. The van der Waals surface area contributed by atoms with E-state index in [0.717, 1.165) is 10.9 Å². The van der Waals surface area contributed by atoms with Crippen LogP contribution in [-0.4, -0.2) is 81.5 Å². The van der Waals surface area contributed by atoms with Gasteiger partial charge in [-0.2, -0.15) is 11.8 Å². The van der Waals surface area contributed by atoms with E-state index >= 15 is 0 Å². The number of carbonyl (C=O) groups is 5. The largest absolute Gasteiger partial charge is 0.481 e. The second-order valence-electron chi connectivity index (χ2n) is 7.79. The van der Waals surface area contributed by atoms with Gasteiger partial charge >= 0.3 is 11.9 Å². The Balaban J connectivity index is 2.14.